The summed E-state index contributed by atoms with van der Waals surface area (Å²) < 4.78 is 29.3. The van der Waals surface area contributed by atoms with E-state index < -0.39 is 10.0 Å². The predicted octanol–water partition coefficient (Wildman–Crippen LogP) is 5.67. The predicted molar refractivity (Wildman–Crippen MR) is 130 cm³/mol. The third-order valence-corrected chi connectivity index (χ3v) is 8.28. The Kier molecular flexibility index (Phi) is 5.83. The third-order valence-electron chi connectivity index (χ3n) is 6.12. The molecule has 2 aromatic carbocycles. The first-order valence-electron chi connectivity index (χ1n) is 11.0. The molecule has 2 aromatic heterocycles. The highest BCUT2D eigenvalue weighted by Crippen LogP contribution is 2.31. The van der Waals surface area contributed by atoms with Crippen LogP contribution in [0.3, 0.4) is 0 Å². The molecule has 1 fully saturated rings. The minimum absolute atomic E-state index is 0.173. The first-order valence-corrected chi connectivity index (χ1v) is 12.8. The molecule has 168 valence electrons. The molecule has 5 rings (SSSR count). The number of nitrogens with zero attached hydrogens (tertiary/aromatic N) is 2. The van der Waals surface area contributed by atoms with Crippen LogP contribution in [0.4, 0.5) is 0 Å². The second kappa shape index (κ2) is 8.78. The molecule has 0 aliphatic carbocycles. The first kappa shape index (κ1) is 21.9. The zero-order valence-corrected chi connectivity index (χ0v) is 19.5. The molecule has 1 saturated heterocycles. The average molecular weight is 479 g/mol. The van der Waals surface area contributed by atoms with Crippen LogP contribution in [0.15, 0.2) is 83.9 Å². The maximum atomic E-state index is 13.6. The van der Waals surface area contributed by atoms with E-state index in [0.717, 1.165) is 35.9 Å². The number of fused-ring (bicyclic) bond motifs is 1. The number of aromatic nitrogens is 1. The van der Waals surface area contributed by atoms with Gasteiger partial charge >= 0.3 is 0 Å². The number of carbonyl (C=O) groups is 1. The summed E-state index contributed by atoms with van der Waals surface area (Å²) in [6.07, 6.45) is 4.67. The summed E-state index contributed by atoms with van der Waals surface area (Å²) in [7, 11) is -3.54. The molecule has 7 heteroatoms. The van der Waals surface area contributed by atoms with Crippen molar-refractivity contribution in [2.24, 2.45) is 0 Å². The zero-order valence-electron chi connectivity index (χ0n) is 17.9. The Morgan fingerprint density at radius 3 is 2.24 bits per heavy atom. The summed E-state index contributed by atoms with van der Waals surface area (Å²) in [5.74, 6) is -0.173. The van der Waals surface area contributed by atoms with Gasteiger partial charge in [-0.05, 0) is 73.0 Å². The molecule has 33 heavy (non-hydrogen) atoms. The van der Waals surface area contributed by atoms with Crippen molar-refractivity contribution in [1.82, 2.24) is 8.71 Å². The number of piperidine rings is 1. The van der Waals surface area contributed by atoms with Gasteiger partial charge in [0.1, 0.15) is 5.69 Å². The highest BCUT2D eigenvalue weighted by Gasteiger charge is 2.26. The lowest BCUT2D eigenvalue weighted by Gasteiger charge is -2.25. The van der Waals surface area contributed by atoms with Crippen LogP contribution in [0, 0.1) is 0 Å². The SMILES string of the molecule is O=C(c1ccc(S(=O)(=O)N2CCCCC2)cc1)c1c(-c2ccc(Cl)cc2)cc2ccccn12. The lowest BCUT2D eigenvalue weighted by atomic mass is 10.0. The van der Waals surface area contributed by atoms with Gasteiger partial charge in [0, 0.05) is 41.0 Å². The first-order chi connectivity index (χ1) is 15.9. The van der Waals surface area contributed by atoms with Crippen LogP contribution >= 0.6 is 11.6 Å². The van der Waals surface area contributed by atoms with E-state index >= 15 is 0 Å². The minimum atomic E-state index is -3.54. The van der Waals surface area contributed by atoms with E-state index in [1.54, 1.807) is 24.3 Å². The molecule has 0 bridgehead atoms. The van der Waals surface area contributed by atoms with Gasteiger partial charge in [-0.15, -0.1) is 0 Å². The zero-order chi connectivity index (χ0) is 23.0. The third kappa shape index (κ3) is 4.10. The number of ketones is 1. The number of pyridine rings is 1. The Hall–Kier alpha value is -2.93. The average Bonchev–Trinajstić information content (AvgIpc) is 3.24. The fourth-order valence-electron chi connectivity index (χ4n) is 4.37. The van der Waals surface area contributed by atoms with Crippen molar-refractivity contribution >= 4 is 32.9 Å². The number of sulfonamides is 1. The van der Waals surface area contributed by atoms with E-state index in [2.05, 4.69) is 0 Å². The maximum Gasteiger partial charge on any atom is 0.243 e. The van der Waals surface area contributed by atoms with E-state index in [0.29, 0.717) is 29.4 Å². The van der Waals surface area contributed by atoms with Gasteiger partial charge in [-0.25, -0.2) is 8.42 Å². The van der Waals surface area contributed by atoms with Crippen LogP contribution in [0.25, 0.3) is 16.6 Å². The topological polar surface area (TPSA) is 58.9 Å². The molecule has 4 aromatic rings. The molecule has 1 aliphatic heterocycles. The van der Waals surface area contributed by atoms with Gasteiger partial charge in [0.15, 0.2) is 0 Å². The van der Waals surface area contributed by atoms with Gasteiger partial charge in [-0.3, -0.25) is 4.79 Å². The van der Waals surface area contributed by atoms with Crippen LogP contribution in [-0.2, 0) is 10.0 Å². The summed E-state index contributed by atoms with van der Waals surface area (Å²) in [6, 6.07) is 21.4. The molecule has 1 aliphatic rings. The van der Waals surface area contributed by atoms with Crippen molar-refractivity contribution in [2.75, 3.05) is 13.1 Å². The maximum absolute atomic E-state index is 13.6. The van der Waals surface area contributed by atoms with Gasteiger partial charge < -0.3 is 4.40 Å². The minimum Gasteiger partial charge on any atom is -0.313 e. The Morgan fingerprint density at radius 2 is 1.55 bits per heavy atom. The van der Waals surface area contributed by atoms with Crippen LogP contribution in [0.2, 0.25) is 5.02 Å². The summed E-state index contributed by atoms with van der Waals surface area (Å²) >= 11 is 6.06. The van der Waals surface area contributed by atoms with Crippen molar-refractivity contribution in [1.29, 1.82) is 0 Å². The van der Waals surface area contributed by atoms with E-state index in [1.165, 1.54) is 16.4 Å². The van der Waals surface area contributed by atoms with E-state index in [4.69, 9.17) is 11.6 Å². The summed E-state index contributed by atoms with van der Waals surface area (Å²) in [5.41, 5.74) is 3.55. The van der Waals surface area contributed by atoms with Gasteiger partial charge in [0.2, 0.25) is 15.8 Å². The second-order valence-electron chi connectivity index (χ2n) is 8.23. The molecule has 0 radical (unpaired) electrons. The van der Waals surface area contributed by atoms with Gasteiger partial charge in [-0.2, -0.15) is 4.31 Å². The molecule has 3 heterocycles. The van der Waals surface area contributed by atoms with Crippen molar-refractivity contribution < 1.29 is 13.2 Å². The highest BCUT2D eigenvalue weighted by atomic mass is 35.5. The quantitative estimate of drug-likeness (QED) is 0.347. The molecule has 0 saturated carbocycles. The molecular formula is C26H23ClN2O3S. The Bertz CT molecular complexity index is 1420. The number of rotatable bonds is 5. The summed E-state index contributed by atoms with van der Waals surface area (Å²) in [5, 5.41) is 0.626. The van der Waals surface area contributed by atoms with Crippen molar-refractivity contribution in [3.05, 3.63) is 95.3 Å². The van der Waals surface area contributed by atoms with Crippen molar-refractivity contribution in [2.45, 2.75) is 24.2 Å². The molecule has 0 spiro atoms. The standard InChI is InChI=1S/C26H23ClN2O3S/c27-21-11-7-19(8-12-21)24-18-22-6-2-5-17-29(22)25(24)26(30)20-9-13-23(14-10-20)33(31,32)28-15-3-1-4-16-28/h2,5-14,17-18H,1,3-4,15-16H2. The van der Waals surface area contributed by atoms with E-state index in [1.807, 2.05) is 47.0 Å². The largest absolute Gasteiger partial charge is 0.313 e. The lowest BCUT2D eigenvalue weighted by Crippen LogP contribution is -2.35. The number of carbonyl (C=O) groups excluding carboxylic acids is 1. The number of hydrogen-bond acceptors (Lipinski definition) is 3. The highest BCUT2D eigenvalue weighted by molar-refractivity contribution is 7.89. The van der Waals surface area contributed by atoms with Gasteiger partial charge in [0.25, 0.3) is 0 Å². The van der Waals surface area contributed by atoms with Crippen molar-refractivity contribution in [3.8, 4) is 11.1 Å². The van der Waals surface area contributed by atoms with E-state index in [9.17, 15) is 13.2 Å². The molecule has 0 N–H and O–H groups in total. The smallest absolute Gasteiger partial charge is 0.243 e. The van der Waals surface area contributed by atoms with Gasteiger partial charge in [0.05, 0.1) is 4.90 Å². The van der Waals surface area contributed by atoms with Crippen LogP contribution in [-0.4, -0.2) is 36.0 Å². The Morgan fingerprint density at radius 1 is 0.848 bits per heavy atom. The Labute approximate surface area is 198 Å². The molecule has 0 unspecified atom stereocenters. The molecule has 0 atom stereocenters. The fraction of sp³-hybridized carbons (Fsp3) is 0.192. The molecular weight excluding hydrogens is 456 g/mol. The normalized spacial score (nSPS) is 15.1. The number of halogens is 1. The van der Waals surface area contributed by atoms with Crippen LogP contribution in [0.5, 0.6) is 0 Å². The monoisotopic (exact) mass is 478 g/mol. The second-order valence-corrected chi connectivity index (χ2v) is 10.6. The molecule has 5 nitrogen and oxygen atoms in total. The van der Waals surface area contributed by atoms with Crippen LogP contribution < -0.4 is 0 Å². The lowest BCUT2D eigenvalue weighted by molar-refractivity contribution is 0.103. The van der Waals surface area contributed by atoms with E-state index in [-0.39, 0.29) is 10.7 Å². The summed E-state index contributed by atoms with van der Waals surface area (Å²) in [6.45, 7) is 1.09. The fourth-order valence-corrected chi connectivity index (χ4v) is 6.02. The number of hydrogen-bond donors (Lipinski definition) is 0. The molecule has 0 amide bonds. The van der Waals surface area contributed by atoms with Gasteiger partial charge in [-0.1, -0.05) is 36.2 Å². The Balaban J connectivity index is 1.54. The van der Waals surface area contributed by atoms with Crippen LogP contribution in [0.1, 0.15) is 35.3 Å². The summed E-state index contributed by atoms with van der Waals surface area (Å²) in [4.78, 5) is 13.9. The number of benzene rings is 2. The van der Waals surface area contributed by atoms with Crippen molar-refractivity contribution in [3.63, 3.8) is 0 Å².